The van der Waals surface area contributed by atoms with Crippen LogP contribution in [0.5, 0.6) is 5.75 Å². The van der Waals surface area contributed by atoms with Crippen LogP contribution in [-0.2, 0) is 15.8 Å². The summed E-state index contributed by atoms with van der Waals surface area (Å²) >= 11 is 0. The smallest absolute Gasteiger partial charge is 0.257 e. The molecule has 0 fully saturated rings. The number of hydrogen-bond donors (Lipinski definition) is 1. The Hall–Kier alpha value is -2.28. The Kier molecular flexibility index (Phi) is 15.8. The van der Waals surface area contributed by atoms with E-state index in [-0.39, 0.29) is 0 Å². The van der Waals surface area contributed by atoms with Crippen LogP contribution in [0.25, 0.3) is 11.2 Å². The number of imidazole rings is 1. The third kappa shape index (κ3) is 12.6. The quantitative estimate of drug-likeness (QED) is 0.0925. The third-order valence-corrected chi connectivity index (χ3v) is 8.06. The van der Waals surface area contributed by atoms with Crippen molar-refractivity contribution in [2.75, 3.05) is 25.3 Å². The molecular weight excluding hydrogens is 509 g/mol. The monoisotopic (exact) mass is 557 g/mol. The number of nitrogens with zero attached hydrogens (tertiary/aromatic N) is 4. The number of unbranched alkanes of at least 4 members (excludes halogenated alkanes) is 13. The maximum atomic E-state index is 6.14. The van der Waals surface area contributed by atoms with E-state index in [2.05, 4.69) is 21.9 Å². The molecule has 0 amide bonds. The highest BCUT2D eigenvalue weighted by Gasteiger charge is 2.14. The maximum Gasteiger partial charge on any atom is 0.257 e. The molecule has 1 aromatic carbocycles. The number of hydrogen-bond acceptors (Lipinski definition) is 7. The molecule has 216 valence electrons. The molecule has 1 atom stereocenters. The van der Waals surface area contributed by atoms with Crippen molar-refractivity contribution in [3.63, 3.8) is 0 Å². The molecule has 0 aliphatic carbocycles. The van der Waals surface area contributed by atoms with E-state index in [1.807, 2.05) is 34.9 Å². The van der Waals surface area contributed by atoms with Crippen LogP contribution in [0.4, 0.5) is 5.82 Å². The summed E-state index contributed by atoms with van der Waals surface area (Å²) in [4.78, 5) is 12.6. The molecule has 0 saturated carbocycles. The van der Waals surface area contributed by atoms with Crippen LogP contribution < -0.4 is 10.3 Å². The predicted molar refractivity (Wildman–Crippen MR) is 161 cm³/mol. The van der Waals surface area contributed by atoms with Gasteiger partial charge in [0.05, 0.1) is 19.5 Å². The lowest BCUT2D eigenvalue weighted by atomic mass is 10.0. The average Bonchev–Trinajstić information content (AvgIpc) is 3.38. The van der Waals surface area contributed by atoms with Gasteiger partial charge in [0.1, 0.15) is 23.9 Å². The van der Waals surface area contributed by atoms with Gasteiger partial charge in [-0.05, 0) is 18.6 Å². The van der Waals surface area contributed by atoms with Gasteiger partial charge in [-0.15, -0.1) is 0 Å². The lowest BCUT2D eigenvalue weighted by Gasteiger charge is -2.18. The van der Waals surface area contributed by atoms with Gasteiger partial charge in [-0.2, -0.15) is 0 Å². The Labute approximate surface area is 236 Å². The van der Waals surface area contributed by atoms with Crippen molar-refractivity contribution in [2.24, 2.45) is 0 Å². The first-order valence-corrected chi connectivity index (χ1v) is 16.3. The Balaban J connectivity index is 1.26. The summed E-state index contributed by atoms with van der Waals surface area (Å²) in [6.07, 6.45) is 22.4. The summed E-state index contributed by atoms with van der Waals surface area (Å²) < 4.78 is 20.1. The molecule has 0 spiro atoms. The van der Waals surface area contributed by atoms with E-state index in [1.165, 1.54) is 89.8 Å². The molecule has 0 radical (unpaired) electrons. The van der Waals surface area contributed by atoms with Crippen LogP contribution >= 0.6 is 8.38 Å². The minimum absolute atomic E-state index is 0.386. The molecule has 39 heavy (non-hydrogen) atoms. The number of aromatic nitrogens is 4. The first-order valence-electron chi connectivity index (χ1n) is 14.9. The first kappa shape index (κ1) is 31.3. The number of nitrogen functional groups attached to an aromatic ring is 1. The fraction of sp³-hybridized carbons (Fsp3) is 0.633. The second-order valence-corrected chi connectivity index (χ2v) is 11.4. The summed E-state index contributed by atoms with van der Waals surface area (Å²) in [5.74, 6) is 1.19. The second kappa shape index (κ2) is 19.7. The Morgan fingerprint density at radius 3 is 2.08 bits per heavy atom. The molecular formula is C30H48N5O3P. The van der Waals surface area contributed by atoms with E-state index in [1.54, 1.807) is 6.33 Å². The van der Waals surface area contributed by atoms with Crippen LogP contribution in [-0.4, -0.2) is 39.1 Å². The molecule has 0 bridgehead atoms. The van der Waals surface area contributed by atoms with Gasteiger partial charge in [-0.25, -0.2) is 15.0 Å². The molecule has 0 aliphatic heterocycles. The van der Waals surface area contributed by atoms with E-state index < -0.39 is 8.38 Å². The molecule has 3 aromatic rings. The number of para-hydroxylation sites is 1. The van der Waals surface area contributed by atoms with E-state index in [4.69, 9.17) is 19.5 Å². The number of nitrogens with two attached hydrogens (primary N) is 1. The first-order chi connectivity index (χ1) is 19.3. The number of anilines is 1. The summed E-state index contributed by atoms with van der Waals surface area (Å²) in [7, 11) is -1.18. The fourth-order valence-electron chi connectivity index (χ4n) is 4.52. The van der Waals surface area contributed by atoms with Gasteiger partial charge in [0.15, 0.2) is 11.5 Å². The van der Waals surface area contributed by atoms with Crippen molar-refractivity contribution in [3.8, 4) is 5.75 Å². The van der Waals surface area contributed by atoms with Gasteiger partial charge in [0, 0.05) is 6.54 Å². The fourth-order valence-corrected chi connectivity index (χ4v) is 5.66. The Morgan fingerprint density at radius 2 is 1.41 bits per heavy atom. The third-order valence-electron chi connectivity index (χ3n) is 6.79. The van der Waals surface area contributed by atoms with Gasteiger partial charge in [0.25, 0.3) is 8.38 Å². The van der Waals surface area contributed by atoms with Crippen LogP contribution in [0.2, 0.25) is 0 Å². The van der Waals surface area contributed by atoms with E-state index in [0.717, 1.165) is 12.2 Å². The topological polar surface area (TPSA) is 97.3 Å². The predicted octanol–water partition coefficient (Wildman–Crippen LogP) is 8.27. The van der Waals surface area contributed by atoms with Crippen molar-refractivity contribution >= 4 is 25.4 Å². The van der Waals surface area contributed by atoms with Crippen molar-refractivity contribution in [1.29, 1.82) is 0 Å². The summed E-state index contributed by atoms with van der Waals surface area (Å²) in [5, 5.41) is 0. The van der Waals surface area contributed by atoms with Gasteiger partial charge in [-0.1, -0.05) is 109 Å². The molecule has 9 heteroatoms. The SMILES string of the molecule is CCCCCCCCCCCCCCCCOP(COCCn1cnc2c(N)ncnc21)Oc1ccccc1. The van der Waals surface area contributed by atoms with Crippen LogP contribution in [0.1, 0.15) is 96.8 Å². The molecule has 0 aliphatic rings. The highest BCUT2D eigenvalue weighted by molar-refractivity contribution is 7.47. The zero-order valence-electron chi connectivity index (χ0n) is 23.8. The number of fused-ring (bicyclic) bond motifs is 1. The Morgan fingerprint density at radius 1 is 0.769 bits per heavy atom. The van der Waals surface area contributed by atoms with Gasteiger partial charge >= 0.3 is 0 Å². The zero-order chi connectivity index (χ0) is 27.4. The van der Waals surface area contributed by atoms with Crippen molar-refractivity contribution in [1.82, 2.24) is 19.5 Å². The number of benzene rings is 1. The maximum absolute atomic E-state index is 6.14. The van der Waals surface area contributed by atoms with Crippen molar-refractivity contribution in [2.45, 2.75) is 103 Å². The molecule has 0 saturated heterocycles. The lowest BCUT2D eigenvalue weighted by molar-refractivity contribution is 0.153. The normalized spacial score (nSPS) is 12.2. The summed E-state index contributed by atoms with van der Waals surface area (Å²) in [6.45, 7) is 4.08. The minimum Gasteiger partial charge on any atom is -0.446 e. The van der Waals surface area contributed by atoms with Crippen molar-refractivity contribution < 1.29 is 13.8 Å². The van der Waals surface area contributed by atoms with E-state index >= 15 is 0 Å². The lowest BCUT2D eigenvalue weighted by Crippen LogP contribution is -2.08. The van der Waals surface area contributed by atoms with Gasteiger partial charge < -0.3 is 24.1 Å². The van der Waals surface area contributed by atoms with E-state index in [9.17, 15) is 0 Å². The molecule has 3 rings (SSSR count). The summed E-state index contributed by atoms with van der Waals surface area (Å²) in [6, 6.07) is 9.82. The number of rotatable bonds is 23. The van der Waals surface area contributed by atoms with Crippen molar-refractivity contribution in [3.05, 3.63) is 43.0 Å². The summed E-state index contributed by atoms with van der Waals surface area (Å²) in [5.41, 5.74) is 7.20. The average molecular weight is 558 g/mol. The highest BCUT2D eigenvalue weighted by Crippen LogP contribution is 2.39. The minimum atomic E-state index is -1.18. The van der Waals surface area contributed by atoms with Crippen LogP contribution in [0.15, 0.2) is 43.0 Å². The van der Waals surface area contributed by atoms with Crippen LogP contribution in [0, 0.1) is 0 Å². The number of ether oxygens (including phenoxy) is 1. The largest absolute Gasteiger partial charge is 0.446 e. The molecule has 8 nitrogen and oxygen atoms in total. The molecule has 2 aromatic heterocycles. The second-order valence-electron chi connectivity index (χ2n) is 10.1. The van der Waals surface area contributed by atoms with Gasteiger partial charge in [-0.3, -0.25) is 0 Å². The standard InChI is InChI=1S/C30H48N5O3P/c1-2-3-4-5-6-7-8-9-10-11-12-13-14-18-22-37-39(38-27-19-16-15-17-20-27)26-36-23-21-35-25-34-28-29(31)32-24-33-30(28)35/h15-17,19-20,24-25H,2-14,18,21-23,26H2,1H3,(H2,31,32,33). The molecule has 2 heterocycles. The molecule has 2 N–H and O–H groups in total. The molecule has 1 unspecified atom stereocenters. The Bertz CT molecular complexity index is 1020. The highest BCUT2D eigenvalue weighted by atomic mass is 31.2. The van der Waals surface area contributed by atoms with E-state index in [0.29, 0.717) is 43.1 Å². The zero-order valence-corrected chi connectivity index (χ0v) is 24.7. The van der Waals surface area contributed by atoms with Gasteiger partial charge in [0.2, 0.25) is 0 Å². The van der Waals surface area contributed by atoms with Crippen LogP contribution in [0.3, 0.4) is 0 Å².